The van der Waals surface area contributed by atoms with E-state index in [1.54, 1.807) is 24.3 Å². The van der Waals surface area contributed by atoms with Crippen LogP contribution in [0, 0.1) is 0 Å². The Labute approximate surface area is 100 Å². The normalized spacial score (nSPS) is 14.1. The predicted octanol–water partition coefficient (Wildman–Crippen LogP) is 0.928. The van der Waals surface area contributed by atoms with Gasteiger partial charge in [-0.25, -0.2) is 0 Å². The van der Waals surface area contributed by atoms with Gasteiger partial charge in [0.1, 0.15) is 5.75 Å². The molecule has 0 bridgehead atoms. The third-order valence-corrected chi connectivity index (χ3v) is 2.94. The summed E-state index contributed by atoms with van der Waals surface area (Å²) in [7, 11) is 0. The molecule has 2 rings (SSSR count). The summed E-state index contributed by atoms with van der Waals surface area (Å²) in [6, 6.07) is 6.82. The summed E-state index contributed by atoms with van der Waals surface area (Å²) in [5, 5.41) is 15.1. The van der Waals surface area contributed by atoms with Gasteiger partial charge < -0.3 is 15.7 Å². The van der Waals surface area contributed by atoms with E-state index < -0.39 is 0 Å². The van der Waals surface area contributed by atoms with Gasteiger partial charge in [0.25, 0.3) is 0 Å². The Hall–Kier alpha value is -1.81. The van der Waals surface area contributed by atoms with E-state index in [0.29, 0.717) is 6.54 Å². The molecule has 0 spiro atoms. The summed E-state index contributed by atoms with van der Waals surface area (Å²) in [4.78, 5) is 11.8. The number of phenolic OH excluding ortho intramolecular Hbond substituents is 1. The largest absolute Gasteiger partial charge is 0.508 e. The maximum Gasteiger partial charge on any atom is 0.247 e. The van der Waals surface area contributed by atoms with Gasteiger partial charge in [-0.2, -0.15) is 0 Å². The molecule has 4 heteroatoms. The molecule has 1 aromatic rings. The van der Waals surface area contributed by atoms with Crippen molar-refractivity contribution in [2.75, 3.05) is 13.1 Å². The van der Waals surface area contributed by atoms with Crippen molar-refractivity contribution in [3.63, 3.8) is 0 Å². The van der Waals surface area contributed by atoms with Crippen molar-refractivity contribution in [3.05, 3.63) is 41.0 Å². The smallest absolute Gasteiger partial charge is 0.247 e. The Balaban J connectivity index is 1.90. The van der Waals surface area contributed by atoms with E-state index in [-0.39, 0.29) is 11.7 Å². The first kappa shape index (κ1) is 11.7. The minimum Gasteiger partial charge on any atom is -0.508 e. The van der Waals surface area contributed by atoms with Crippen LogP contribution in [0.2, 0.25) is 0 Å². The number of rotatable bonds is 3. The number of benzene rings is 1. The van der Waals surface area contributed by atoms with Gasteiger partial charge in [-0.1, -0.05) is 12.1 Å². The second-order valence-electron chi connectivity index (χ2n) is 4.18. The molecular formula is C13H16N2O2. The maximum absolute atomic E-state index is 11.8. The van der Waals surface area contributed by atoms with Crippen LogP contribution in [0.15, 0.2) is 35.4 Å². The van der Waals surface area contributed by atoms with E-state index in [1.807, 2.05) is 6.92 Å². The zero-order chi connectivity index (χ0) is 12.3. The molecule has 0 unspecified atom stereocenters. The Morgan fingerprint density at radius 1 is 1.35 bits per heavy atom. The highest BCUT2D eigenvalue weighted by Gasteiger charge is 2.15. The zero-order valence-electron chi connectivity index (χ0n) is 9.79. The fourth-order valence-electron chi connectivity index (χ4n) is 1.60. The molecule has 0 radical (unpaired) electrons. The molecule has 0 aromatic heterocycles. The Morgan fingerprint density at radius 2 is 2.00 bits per heavy atom. The van der Waals surface area contributed by atoms with Crippen molar-refractivity contribution < 1.29 is 9.90 Å². The summed E-state index contributed by atoms with van der Waals surface area (Å²) < 4.78 is 0. The number of carbonyl (C=O) groups is 1. The number of hydrogen-bond donors (Lipinski definition) is 3. The molecule has 17 heavy (non-hydrogen) atoms. The van der Waals surface area contributed by atoms with Crippen molar-refractivity contribution in [1.82, 2.24) is 10.6 Å². The van der Waals surface area contributed by atoms with Crippen molar-refractivity contribution in [1.29, 1.82) is 0 Å². The second kappa shape index (κ2) is 5.01. The van der Waals surface area contributed by atoms with Crippen molar-refractivity contribution in [2.24, 2.45) is 0 Å². The molecule has 0 saturated carbocycles. The third kappa shape index (κ3) is 2.85. The summed E-state index contributed by atoms with van der Waals surface area (Å²) in [6.45, 7) is 3.97. The van der Waals surface area contributed by atoms with Gasteiger partial charge in [-0.3, -0.25) is 4.79 Å². The van der Waals surface area contributed by atoms with Gasteiger partial charge in [-0.05, 0) is 30.2 Å². The standard InChI is InChI=1S/C13H16N2O2/c1-9(11-7-14-8-11)13(17)15-6-10-2-4-12(16)5-3-10/h2-5,14,16H,6-8H2,1H3,(H,15,17). The predicted molar refractivity (Wildman–Crippen MR) is 65.5 cm³/mol. The van der Waals surface area contributed by atoms with Crippen molar-refractivity contribution in [3.8, 4) is 5.75 Å². The summed E-state index contributed by atoms with van der Waals surface area (Å²) >= 11 is 0. The average molecular weight is 232 g/mol. The van der Waals surface area contributed by atoms with E-state index in [1.165, 1.54) is 5.57 Å². The van der Waals surface area contributed by atoms with Crippen molar-refractivity contribution >= 4 is 5.91 Å². The van der Waals surface area contributed by atoms with Gasteiger partial charge in [-0.15, -0.1) is 0 Å². The van der Waals surface area contributed by atoms with Crippen LogP contribution < -0.4 is 10.6 Å². The molecule has 1 aliphatic heterocycles. The number of phenols is 1. The lowest BCUT2D eigenvalue weighted by atomic mass is 10.0. The van der Waals surface area contributed by atoms with Crippen LogP contribution in [-0.4, -0.2) is 24.1 Å². The molecular weight excluding hydrogens is 216 g/mol. The quantitative estimate of drug-likeness (QED) is 0.679. The number of carbonyl (C=O) groups excluding carboxylic acids is 1. The fraction of sp³-hybridized carbons (Fsp3) is 0.308. The molecule has 4 nitrogen and oxygen atoms in total. The van der Waals surface area contributed by atoms with Gasteiger partial charge in [0.05, 0.1) is 0 Å². The fourth-order valence-corrected chi connectivity index (χ4v) is 1.60. The maximum atomic E-state index is 11.8. The SMILES string of the molecule is CC(C(=O)NCc1ccc(O)cc1)=C1CNC1. The molecule has 1 heterocycles. The van der Waals surface area contributed by atoms with E-state index in [9.17, 15) is 4.79 Å². The van der Waals surface area contributed by atoms with Gasteiger partial charge >= 0.3 is 0 Å². The van der Waals surface area contributed by atoms with Crippen LogP contribution in [0.25, 0.3) is 0 Å². The van der Waals surface area contributed by atoms with Gasteiger partial charge in [0, 0.05) is 25.2 Å². The third-order valence-electron chi connectivity index (χ3n) is 2.94. The molecule has 90 valence electrons. The van der Waals surface area contributed by atoms with Crippen LogP contribution in [0.3, 0.4) is 0 Å². The van der Waals surface area contributed by atoms with Gasteiger partial charge in [0.2, 0.25) is 5.91 Å². The Morgan fingerprint density at radius 3 is 2.53 bits per heavy atom. The highest BCUT2D eigenvalue weighted by molar-refractivity contribution is 5.93. The molecule has 1 aliphatic rings. The topological polar surface area (TPSA) is 61.4 Å². The summed E-state index contributed by atoms with van der Waals surface area (Å²) in [5.74, 6) is 0.216. The number of amides is 1. The Bertz CT molecular complexity index is 443. The lowest BCUT2D eigenvalue weighted by Crippen LogP contribution is -2.37. The molecule has 0 atom stereocenters. The molecule has 1 fully saturated rings. The number of nitrogens with one attached hydrogen (secondary N) is 2. The van der Waals surface area contributed by atoms with E-state index in [4.69, 9.17) is 5.11 Å². The summed E-state index contributed by atoms with van der Waals surface area (Å²) in [5.41, 5.74) is 2.96. The van der Waals surface area contributed by atoms with Crippen LogP contribution >= 0.6 is 0 Å². The molecule has 1 saturated heterocycles. The van der Waals surface area contributed by atoms with Crippen LogP contribution in [0.1, 0.15) is 12.5 Å². The van der Waals surface area contributed by atoms with Crippen LogP contribution in [0.4, 0.5) is 0 Å². The zero-order valence-corrected chi connectivity index (χ0v) is 9.79. The monoisotopic (exact) mass is 232 g/mol. The van der Waals surface area contributed by atoms with Crippen molar-refractivity contribution in [2.45, 2.75) is 13.5 Å². The molecule has 3 N–H and O–H groups in total. The first-order chi connectivity index (χ1) is 8.16. The van der Waals surface area contributed by atoms with E-state index in [0.717, 1.165) is 24.2 Å². The average Bonchev–Trinajstić information content (AvgIpc) is 2.25. The first-order valence-electron chi connectivity index (χ1n) is 5.62. The summed E-state index contributed by atoms with van der Waals surface area (Å²) in [6.07, 6.45) is 0. The minimum absolute atomic E-state index is 0.0189. The van der Waals surface area contributed by atoms with Gasteiger partial charge in [0.15, 0.2) is 0 Å². The van der Waals surface area contributed by atoms with E-state index >= 15 is 0 Å². The minimum atomic E-state index is -0.0189. The number of aromatic hydroxyl groups is 1. The highest BCUT2D eigenvalue weighted by atomic mass is 16.3. The lowest BCUT2D eigenvalue weighted by molar-refractivity contribution is -0.117. The highest BCUT2D eigenvalue weighted by Crippen LogP contribution is 2.11. The second-order valence-corrected chi connectivity index (χ2v) is 4.18. The van der Waals surface area contributed by atoms with E-state index in [2.05, 4.69) is 10.6 Å². The first-order valence-corrected chi connectivity index (χ1v) is 5.62. The van der Waals surface area contributed by atoms with Crippen LogP contribution in [-0.2, 0) is 11.3 Å². The van der Waals surface area contributed by atoms with Crippen LogP contribution in [0.5, 0.6) is 5.75 Å². The molecule has 0 aliphatic carbocycles. The molecule has 1 aromatic carbocycles. The molecule has 1 amide bonds. The number of hydrogen-bond acceptors (Lipinski definition) is 3. The lowest BCUT2D eigenvalue weighted by Gasteiger charge is -2.21. The Kier molecular flexibility index (Phi) is 3.44.